The number of hydrogen-bond donors (Lipinski definition) is 1. The first-order valence-corrected chi connectivity index (χ1v) is 11.2. The molecule has 0 fully saturated rings. The van der Waals surface area contributed by atoms with Crippen molar-refractivity contribution >= 4 is 29.6 Å². The molecule has 1 aromatic carbocycles. The number of benzene rings is 1. The summed E-state index contributed by atoms with van der Waals surface area (Å²) in [6, 6.07) is 5.42. The zero-order chi connectivity index (χ0) is 24.4. The molecule has 1 heterocycles. The molecule has 0 saturated heterocycles. The Morgan fingerprint density at radius 2 is 2.00 bits per heavy atom. The van der Waals surface area contributed by atoms with Crippen LogP contribution < -0.4 is 10.1 Å². The van der Waals surface area contributed by atoms with Gasteiger partial charge in [0.05, 0.1) is 25.0 Å². The molecule has 0 bridgehead atoms. The number of rotatable bonds is 10. The van der Waals surface area contributed by atoms with Gasteiger partial charge in [-0.2, -0.15) is 0 Å². The highest BCUT2D eigenvalue weighted by Crippen LogP contribution is 2.29. The first kappa shape index (κ1) is 26.0. The lowest BCUT2D eigenvalue weighted by Crippen LogP contribution is -2.47. The fourth-order valence-electron chi connectivity index (χ4n) is 3.09. The number of aliphatic imine (C=N–C) groups is 1. The number of guanidine groups is 1. The Kier molecular flexibility index (Phi) is 9.96. The molecule has 0 aliphatic carbocycles. The van der Waals surface area contributed by atoms with Crippen LogP contribution in [0.25, 0.3) is 0 Å². The average molecular weight is 463 g/mol. The number of fused-ring (bicyclic) bond motifs is 1. The predicted octanol–water partition coefficient (Wildman–Crippen LogP) is 2.82. The van der Waals surface area contributed by atoms with Gasteiger partial charge in [-0.05, 0) is 52.3 Å². The Morgan fingerprint density at radius 3 is 2.67 bits per heavy atom. The quantitative estimate of drug-likeness (QED) is 0.421. The van der Waals surface area contributed by atoms with Crippen molar-refractivity contribution in [3.05, 3.63) is 23.8 Å². The Hall–Kier alpha value is -3.30. The van der Waals surface area contributed by atoms with Crippen molar-refractivity contribution in [3.63, 3.8) is 0 Å². The van der Waals surface area contributed by atoms with Crippen LogP contribution >= 0.6 is 0 Å². The van der Waals surface area contributed by atoms with Gasteiger partial charge in [0.25, 0.3) is 0 Å². The molecule has 0 spiro atoms. The zero-order valence-electron chi connectivity index (χ0n) is 20.1. The minimum Gasteiger partial charge on any atom is -0.494 e. The molecule has 182 valence electrons. The SMILES string of the molecule is CCOC(=O)NC1=Nc2ccc(OCCCC(=O)N(C)CC)cc2CN1CC(=O)OC(C)C. The van der Waals surface area contributed by atoms with Gasteiger partial charge in [0, 0.05) is 32.1 Å². The Labute approximate surface area is 194 Å². The molecular formula is C23H34N4O6. The molecule has 10 heteroatoms. The zero-order valence-corrected chi connectivity index (χ0v) is 20.1. The average Bonchev–Trinajstić information content (AvgIpc) is 2.75. The minimum absolute atomic E-state index is 0.0823. The topological polar surface area (TPSA) is 110 Å². The summed E-state index contributed by atoms with van der Waals surface area (Å²) in [6.45, 7) is 8.72. The van der Waals surface area contributed by atoms with E-state index in [4.69, 9.17) is 14.2 Å². The molecule has 0 saturated carbocycles. The van der Waals surface area contributed by atoms with Crippen LogP contribution in [0.1, 0.15) is 46.1 Å². The van der Waals surface area contributed by atoms with Crippen molar-refractivity contribution in [1.29, 1.82) is 0 Å². The summed E-state index contributed by atoms with van der Waals surface area (Å²) in [5, 5.41) is 2.59. The van der Waals surface area contributed by atoms with Gasteiger partial charge in [0.15, 0.2) is 0 Å². The van der Waals surface area contributed by atoms with Gasteiger partial charge in [0.1, 0.15) is 12.3 Å². The summed E-state index contributed by atoms with van der Waals surface area (Å²) < 4.78 is 16.0. The van der Waals surface area contributed by atoms with Gasteiger partial charge in [-0.3, -0.25) is 14.9 Å². The van der Waals surface area contributed by atoms with Crippen LogP contribution in [0, 0.1) is 0 Å². The number of amides is 2. The molecular weight excluding hydrogens is 428 g/mol. The van der Waals surface area contributed by atoms with Crippen molar-refractivity contribution in [3.8, 4) is 5.75 Å². The highest BCUT2D eigenvalue weighted by atomic mass is 16.6. The lowest BCUT2D eigenvalue weighted by Gasteiger charge is -2.29. The van der Waals surface area contributed by atoms with E-state index in [1.165, 1.54) is 0 Å². The molecule has 10 nitrogen and oxygen atoms in total. The van der Waals surface area contributed by atoms with E-state index in [1.807, 2.05) is 13.0 Å². The van der Waals surface area contributed by atoms with Crippen LogP contribution in [-0.2, 0) is 25.6 Å². The van der Waals surface area contributed by atoms with Crippen LogP contribution in [0.2, 0.25) is 0 Å². The van der Waals surface area contributed by atoms with Crippen molar-refractivity contribution < 1.29 is 28.6 Å². The fourth-order valence-corrected chi connectivity index (χ4v) is 3.09. The van der Waals surface area contributed by atoms with Crippen molar-refractivity contribution in [2.45, 2.75) is 53.2 Å². The smallest absolute Gasteiger partial charge is 0.413 e. The van der Waals surface area contributed by atoms with Gasteiger partial charge < -0.3 is 24.0 Å². The Morgan fingerprint density at radius 1 is 1.24 bits per heavy atom. The molecule has 33 heavy (non-hydrogen) atoms. The van der Waals surface area contributed by atoms with E-state index in [2.05, 4.69) is 10.3 Å². The third-order valence-corrected chi connectivity index (χ3v) is 4.82. The molecule has 0 atom stereocenters. The highest BCUT2D eigenvalue weighted by Gasteiger charge is 2.25. The van der Waals surface area contributed by atoms with E-state index in [-0.39, 0.29) is 31.1 Å². The van der Waals surface area contributed by atoms with Crippen molar-refractivity contribution in [2.24, 2.45) is 4.99 Å². The first-order chi connectivity index (χ1) is 15.7. The molecule has 2 rings (SSSR count). The van der Waals surface area contributed by atoms with Crippen LogP contribution in [0.3, 0.4) is 0 Å². The second kappa shape index (κ2) is 12.7. The highest BCUT2D eigenvalue weighted by molar-refractivity contribution is 5.97. The summed E-state index contributed by atoms with van der Waals surface area (Å²) in [5.41, 5.74) is 1.49. The molecule has 0 unspecified atom stereocenters. The third kappa shape index (κ3) is 8.28. The first-order valence-electron chi connectivity index (χ1n) is 11.2. The second-order valence-electron chi connectivity index (χ2n) is 7.83. The van der Waals surface area contributed by atoms with E-state index in [1.54, 1.807) is 49.8 Å². The fraction of sp³-hybridized carbons (Fsp3) is 0.565. The molecule has 1 aliphatic heterocycles. The number of hydrogen-bond acceptors (Lipinski definition) is 8. The number of carbonyl (C=O) groups is 3. The standard InChI is InChI=1S/C23H34N4O6/c1-6-26(5)20(28)9-8-12-32-18-10-11-19-17(13-18)14-27(15-21(29)33-16(3)4)22(24-19)25-23(30)31-7-2/h10-11,13,16H,6-9,12,14-15H2,1-5H3,(H,24,25,30). The van der Waals surface area contributed by atoms with E-state index < -0.39 is 12.1 Å². The number of esters is 1. The number of carbonyl (C=O) groups excluding carboxylic acids is 3. The minimum atomic E-state index is -0.648. The van der Waals surface area contributed by atoms with Crippen LogP contribution in [0.5, 0.6) is 5.75 Å². The Balaban J connectivity index is 2.08. The van der Waals surface area contributed by atoms with Crippen LogP contribution in [-0.4, -0.2) is 73.2 Å². The number of nitrogens with zero attached hydrogens (tertiary/aromatic N) is 3. The van der Waals surface area contributed by atoms with Gasteiger partial charge in [-0.15, -0.1) is 0 Å². The largest absolute Gasteiger partial charge is 0.494 e. The summed E-state index contributed by atoms with van der Waals surface area (Å²) in [7, 11) is 1.78. The normalized spacial score (nSPS) is 12.5. The van der Waals surface area contributed by atoms with Gasteiger partial charge in [0.2, 0.25) is 11.9 Å². The third-order valence-electron chi connectivity index (χ3n) is 4.82. The van der Waals surface area contributed by atoms with Gasteiger partial charge in [-0.1, -0.05) is 0 Å². The molecule has 1 aromatic rings. The van der Waals surface area contributed by atoms with E-state index in [0.717, 1.165) is 5.56 Å². The molecule has 2 amide bonds. The van der Waals surface area contributed by atoms with Crippen molar-refractivity contribution in [1.82, 2.24) is 15.1 Å². The van der Waals surface area contributed by atoms with Gasteiger partial charge >= 0.3 is 12.1 Å². The van der Waals surface area contributed by atoms with Crippen LogP contribution in [0.4, 0.5) is 10.5 Å². The number of nitrogens with one attached hydrogen (secondary N) is 1. The predicted molar refractivity (Wildman–Crippen MR) is 123 cm³/mol. The maximum atomic E-state index is 12.2. The summed E-state index contributed by atoms with van der Waals surface area (Å²) in [5.74, 6) is 0.521. The van der Waals surface area contributed by atoms with Gasteiger partial charge in [-0.25, -0.2) is 9.79 Å². The summed E-state index contributed by atoms with van der Waals surface area (Å²) >= 11 is 0. The monoisotopic (exact) mass is 462 g/mol. The molecule has 0 radical (unpaired) electrons. The number of ether oxygens (including phenoxy) is 3. The maximum absolute atomic E-state index is 12.2. The Bertz CT molecular complexity index is 871. The molecule has 0 aromatic heterocycles. The van der Waals surface area contributed by atoms with Crippen molar-refractivity contribution in [2.75, 3.05) is 33.4 Å². The summed E-state index contributed by atoms with van der Waals surface area (Å²) in [6.07, 6.45) is 0.134. The van der Waals surface area contributed by atoms with E-state index in [9.17, 15) is 14.4 Å². The second-order valence-corrected chi connectivity index (χ2v) is 7.83. The molecule has 1 aliphatic rings. The van der Waals surface area contributed by atoms with E-state index in [0.29, 0.717) is 44.0 Å². The van der Waals surface area contributed by atoms with Crippen LogP contribution in [0.15, 0.2) is 23.2 Å². The summed E-state index contributed by atoms with van der Waals surface area (Å²) in [4.78, 5) is 43.9. The number of alkyl carbamates (subject to hydrolysis) is 1. The lowest BCUT2D eigenvalue weighted by molar-refractivity contribution is -0.147. The maximum Gasteiger partial charge on any atom is 0.413 e. The molecule has 1 N–H and O–H groups in total. The lowest BCUT2D eigenvalue weighted by atomic mass is 10.1. The van der Waals surface area contributed by atoms with E-state index >= 15 is 0 Å².